The third kappa shape index (κ3) is 2.60. The smallest absolute Gasteiger partial charge is 0.229 e. The Morgan fingerprint density at radius 3 is 2.78 bits per heavy atom. The summed E-state index contributed by atoms with van der Waals surface area (Å²) in [5, 5.41) is 4.36. The number of likely N-dealkylation sites (tertiary alicyclic amines) is 1. The van der Waals surface area contributed by atoms with Gasteiger partial charge in [-0.3, -0.25) is 9.48 Å². The molecule has 6 rings (SSSR count). The topological polar surface area (TPSA) is 38.1 Å². The van der Waals surface area contributed by atoms with Gasteiger partial charge in [0.05, 0.1) is 24.2 Å². The third-order valence-electron chi connectivity index (χ3n) is 6.60. The molecule has 0 N–H and O–H groups in total. The Labute approximate surface area is 157 Å². The second-order valence-corrected chi connectivity index (χ2v) is 8.89. The molecule has 1 aliphatic heterocycles. The van der Waals surface area contributed by atoms with Crippen molar-refractivity contribution in [2.45, 2.75) is 51.4 Å². The molecule has 1 saturated heterocycles. The van der Waals surface area contributed by atoms with E-state index in [0.29, 0.717) is 5.56 Å². The van der Waals surface area contributed by atoms with Crippen molar-refractivity contribution in [2.24, 2.45) is 10.8 Å². The molecule has 1 aromatic carbocycles. The highest BCUT2D eigenvalue weighted by Crippen LogP contribution is 2.74. The Bertz CT molecular complexity index is 889. The van der Waals surface area contributed by atoms with Gasteiger partial charge in [0, 0.05) is 19.2 Å². The van der Waals surface area contributed by atoms with Gasteiger partial charge in [-0.15, -0.1) is 0 Å². The van der Waals surface area contributed by atoms with E-state index in [-0.39, 0.29) is 41.6 Å². The van der Waals surface area contributed by atoms with Gasteiger partial charge in [-0.2, -0.15) is 5.10 Å². The first-order valence-electron chi connectivity index (χ1n) is 9.58. The fourth-order valence-corrected chi connectivity index (χ4v) is 5.63. The number of hydrogen-bond donors (Lipinski definition) is 0. The van der Waals surface area contributed by atoms with Crippen LogP contribution in [0, 0.1) is 23.6 Å². The van der Waals surface area contributed by atoms with Crippen LogP contribution < -0.4 is 0 Å². The summed E-state index contributed by atoms with van der Waals surface area (Å²) < 4.78 is 29.7. The van der Waals surface area contributed by atoms with Crippen molar-refractivity contribution < 1.29 is 13.6 Å². The van der Waals surface area contributed by atoms with Crippen molar-refractivity contribution in [1.82, 2.24) is 14.7 Å². The zero-order valence-electron chi connectivity index (χ0n) is 15.4. The van der Waals surface area contributed by atoms with Gasteiger partial charge in [0.25, 0.3) is 0 Å². The number of alkyl halides is 1. The van der Waals surface area contributed by atoms with Crippen molar-refractivity contribution in [3.05, 3.63) is 53.6 Å². The summed E-state index contributed by atoms with van der Waals surface area (Å²) in [6.07, 6.45) is 5.63. The summed E-state index contributed by atoms with van der Waals surface area (Å²) in [4.78, 5) is 14.9. The molecule has 2 unspecified atom stereocenters. The first-order valence-corrected chi connectivity index (χ1v) is 9.58. The van der Waals surface area contributed by atoms with Crippen LogP contribution in [0.5, 0.6) is 0 Å². The van der Waals surface area contributed by atoms with Gasteiger partial charge < -0.3 is 4.90 Å². The highest BCUT2D eigenvalue weighted by molar-refractivity contribution is 5.87. The minimum absolute atomic E-state index is 0.0513. The SMILES string of the molecule is Cc1cnn(CC23CC(C(=O)N4CC(F)CC4c4cccc(F)c4)(C2)C3)c1. The molecular formula is C21H23F2N3O. The van der Waals surface area contributed by atoms with Crippen LogP contribution >= 0.6 is 0 Å². The third-order valence-corrected chi connectivity index (χ3v) is 6.60. The van der Waals surface area contributed by atoms with Crippen molar-refractivity contribution in [2.75, 3.05) is 6.54 Å². The molecule has 0 radical (unpaired) electrons. The summed E-state index contributed by atoms with van der Waals surface area (Å²) in [7, 11) is 0. The summed E-state index contributed by atoms with van der Waals surface area (Å²) in [6, 6.07) is 5.85. The predicted molar refractivity (Wildman–Crippen MR) is 96.0 cm³/mol. The maximum absolute atomic E-state index is 14.2. The Morgan fingerprint density at radius 2 is 2.11 bits per heavy atom. The molecule has 2 aromatic rings. The van der Waals surface area contributed by atoms with E-state index < -0.39 is 6.17 Å². The Kier molecular flexibility index (Phi) is 3.52. The molecule has 3 aliphatic carbocycles. The highest BCUT2D eigenvalue weighted by atomic mass is 19.1. The molecule has 6 heteroatoms. The van der Waals surface area contributed by atoms with Crippen molar-refractivity contribution in [3.8, 4) is 0 Å². The maximum atomic E-state index is 14.2. The van der Waals surface area contributed by atoms with E-state index in [9.17, 15) is 13.6 Å². The molecule has 2 atom stereocenters. The van der Waals surface area contributed by atoms with E-state index >= 15 is 0 Å². The monoisotopic (exact) mass is 371 g/mol. The fraction of sp³-hybridized carbons (Fsp3) is 0.524. The van der Waals surface area contributed by atoms with Crippen LogP contribution in [-0.4, -0.2) is 33.3 Å². The van der Waals surface area contributed by atoms with Crippen molar-refractivity contribution in [3.63, 3.8) is 0 Å². The minimum atomic E-state index is -1.05. The second-order valence-electron chi connectivity index (χ2n) is 8.89. The standard InChI is InChI=1S/C21H23F2N3O/c1-14-7-24-25(8-14)13-20-10-21(11-20,12-20)19(27)26-9-17(23)6-18(26)15-3-2-4-16(22)5-15/h2-5,7-8,17-18H,6,9-13H2,1H3. The Balaban J connectivity index is 1.30. The van der Waals surface area contributed by atoms with Gasteiger partial charge in [-0.05, 0) is 54.9 Å². The van der Waals surface area contributed by atoms with Crippen molar-refractivity contribution >= 4 is 5.91 Å². The summed E-state index contributed by atoms with van der Waals surface area (Å²) in [5.74, 6) is -0.295. The Hall–Kier alpha value is -2.24. The number of benzene rings is 1. The normalized spacial score (nSPS) is 34.3. The molecule has 0 spiro atoms. The zero-order chi connectivity index (χ0) is 18.8. The average molecular weight is 371 g/mol. The van der Waals surface area contributed by atoms with E-state index in [1.807, 2.05) is 24.0 Å². The van der Waals surface area contributed by atoms with Gasteiger partial charge in [0.1, 0.15) is 12.0 Å². The molecule has 4 aliphatic rings. The molecule has 3 saturated carbocycles. The van der Waals surface area contributed by atoms with Crippen LogP contribution in [0.3, 0.4) is 0 Å². The van der Waals surface area contributed by atoms with E-state index in [4.69, 9.17) is 0 Å². The van der Waals surface area contributed by atoms with Gasteiger partial charge in [-0.25, -0.2) is 8.78 Å². The molecule has 27 heavy (non-hydrogen) atoms. The summed E-state index contributed by atoms with van der Waals surface area (Å²) in [6.45, 7) is 2.98. The average Bonchev–Trinajstić information content (AvgIpc) is 3.14. The number of aromatic nitrogens is 2. The lowest BCUT2D eigenvalue weighted by Crippen LogP contribution is -2.69. The molecule has 4 fully saturated rings. The molecule has 2 heterocycles. The summed E-state index contributed by atoms with van der Waals surface area (Å²) in [5.41, 5.74) is 1.66. The number of hydrogen-bond acceptors (Lipinski definition) is 2. The first kappa shape index (κ1) is 16.9. The van der Waals surface area contributed by atoms with Crippen LogP contribution in [-0.2, 0) is 11.3 Å². The molecule has 1 amide bonds. The predicted octanol–water partition coefficient (Wildman–Crippen LogP) is 3.81. The zero-order valence-corrected chi connectivity index (χ0v) is 15.4. The largest absolute Gasteiger partial charge is 0.332 e. The highest BCUT2D eigenvalue weighted by Gasteiger charge is 2.72. The van der Waals surface area contributed by atoms with Crippen LogP contribution in [0.2, 0.25) is 0 Å². The molecule has 4 nitrogen and oxygen atoms in total. The van der Waals surface area contributed by atoms with Crippen molar-refractivity contribution in [1.29, 1.82) is 0 Å². The lowest BCUT2D eigenvalue weighted by molar-refractivity contribution is -0.223. The quantitative estimate of drug-likeness (QED) is 0.820. The fourth-order valence-electron chi connectivity index (χ4n) is 5.63. The molecular weight excluding hydrogens is 348 g/mol. The number of carbonyl (C=O) groups is 1. The van der Waals surface area contributed by atoms with Gasteiger partial charge >= 0.3 is 0 Å². The minimum Gasteiger partial charge on any atom is -0.332 e. The Morgan fingerprint density at radius 1 is 1.33 bits per heavy atom. The molecule has 2 bridgehead atoms. The number of carbonyl (C=O) groups excluding carboxylic acids is 1. The van der Waals surface area contributed by atoms with Crippen LogP contribution in [0.1, 0.15) is 42.9 Å². The van der Waals surface area contributed by atoms with Crippen LogP contribution in [0.15, 0.2) is 36.7 Å². The molecule has 142 valence electrons. The van der Waals surface area contributed by atoms with Crippen LogP contribution in [0.4, 0.5) is 8.78 Å². The number of amides is 1. The van der Waals surface area contributed by atoms with Gasteiger partial charge in [0.15, 0.2) is 0 Å². The number of rotatable bonds is 4. The molecule has 1 aromatic heterocycles. The first-order chi connectivity index (χ1) is 12.9. The van der Waals surface area contributed by atoms with Crippen LogP contribution in [0.25, 0.3) is 0 Å². The van der Waals surface area contributed by atoms with Gasteiger partial charge in [0.2, 0.25) is 5.91 Å². The number of nitrogens with zero attached hydrogens (tertiary/aromatic N) is 3. The maximum Gasteiger partial charge on any atom is 0.229 e. The number of halogens is 2. The lowest BCUT2D eigenvalue weighted by atomic mass is 9.34. The van der Waals surface area contributed by atoms with E-state index in [1.54, 1.807) is 17.0 Å². The lowest BCUT2D eigenvalue weighted by Gasteiger charge is -2.70. The summed E-state index contributed by atoms with van der Waals surface area (Å²) >= 11 is 0. The van der Waals surface area contributed by atoms with E-state index in [0.717, 1.165) is 31.4 Å². The second kappa shape index (κ2) is 5.63. The van der Waals surface area contributed by atoms with E-state index in [1.165, 1.54) is 12.1 Å². The van der Waals surface area contributed by atoms with Gasteiger partial charge in [-0.1, -0.05) is 12.1 Å². The van der Waals surface area contributed by atoms with E-state index in [2.05, 4.69) is 5.10 Å². The number of aryl methyl sites for hydroxylation is 1.